The van der Waals surface area contributed by atoms with E-state index in [2.05, 4.69) is 10.6 Å². The smallest absolute Gasteiger partial charge is 0.262 e. The summed E-state index contributed by atoms with van der Waals surface area (Å²) < 4.78 is 32.7. The summed E-state index contributed by atoms with van der Waals surface area (Å²) in [4.78, 5) is 50.0. The first kappa shape index (κ1) is 30.6. The van der Waals surface area contributed by atoms with Crippen LogP contribution in [0, 0.1) is 0 Å². The maximum Gasteiger partial charge on any atom is 0.262 e. The molecule has 216 valence electrons. The number of nitrogens with one attached hydrogen (secondary N) is 2. The predicted molar refractivity (Wildman–Crippen MR) is 137 cm³/mol. The highest BCUT2D eigenvalue weighted by Crippen LogP contribution is 2.30. The number of carbonyl (C=O) groups is 4. The van der Waals surface area contributed by atoms with Gasteiger partial charge in [-0.2, -0.15) is 0 Å². The molecule has 1 aromatic carbocycles. The van der Waals surface area contributed by atoms with Gasteiger partial charge in [-0.15, -0.1) is 0 Å². The fourth-order valence-electron chi connectivity index (χ4n) is 3.91. The lowest BCUT2D eigenvalue weighted by Gasteiger charge is -2.27. The molecule has 0 saturated carbocycles. The summed E-state index contributed by atoms with van der Waals surface area (Å²) in [5.41, 5.74) is 0.367. The van der Waals surface area contributed by atoms with Gasteiger partial charge in [-0.25, -0.2) is 0 Å². The molecule has 2 aliphatic heterocycles. The first-order chi connectivity index (χ1) is 19.0. The van der Waals surface area contributed by atoms with Crippen molar-refractivity contribution in [3.05, 3.63) is 29.3 Å². The second-order valence-electron chi connectivity index (χ2n) is 8.67. The lowest BCUT2D eigenvalue weighted by molar-refractivity contribution is -0.136. The van der Waals surface area contributed by atoms with E-state index in [0.29, 0.717) is 71.8 Å². The Hall–Kier alpha value is -2.94. The molecule has 1 atom stereocenters. The molecule has 4 amide bonds. The van der Waals surface area contributed by atoms with E-state index < -0.39 is 29.7 Å². The van der Waals surface area contributed by atoms with Crippen LogP contribution in [0.3, 0.4) is 0 Å². The minimum Gasteiger partial charge on any atom is -0.491 e. The average molecular weight is 552 g/mol. The third kappa shape index (κ3) is 9.64. The molecule has 2 aliphatic rings. The number of benzene rings is 1. The topological polar surface area (TPSA) is 151 Å². The maximum atomic E-state index is 12.9. The van der Waals surface area contributed by atoms with E-state index in [1.807, 2.05) is 7.05 Å². The van der Waals surface area contributed by atoms with E-state index in [1.165, 1.54) is 12.1 Å². The molecule has 13 nitrogen and oxygen atoms in total. The number of rotatable bonds is 20. The predicted octanol–water partition coefficient (Wildman–Crippen LogP) is -0.231. The number of amides is 4. The van der Waals surface area contributed by atoms with E-state index in [-0.39, 0.29) is 30.6 Å². The SMILES string of the molecule is CNCCOCCOCCOCCOCCOCCOc1ccc2c(c1)C(=O)N(C1CCC(=O)NC1=O)C2=O. The fourth-order valence-corrected chi connectivity index (χ4v) is 3.91. The summed E-state index contributed by atoms with van der Waals surface area (Å²) in [5, 5.41) is 5.17. The molecule has 1 aromatic rings. The van der Waals surface area contributed by atoms with Crippen molar-refractivity contribution in [3.8, 4) is 5.75 Å². The molecule has 39 heavy (non-hydrogen) atoms. The highest BCUT2D eigenvalue weighted by atomic mass is 16.6. The van der Waals surface area contributed by atoms with Gasteiger partial charge >= 0.3 is 0 Å². The molecule has 3 rings (SSSR count). The van der Waals surface area contributed by atoms with Gasteiger partial charge in [0.25, 0.3) is 11.8 Å². The zero-order valence-electron chi connectivity index (χ0n) is 22.2. The molecule has 2 heterocycles. The Morgan fingerprint density at radius 2 is 1.31 bits per heavy atom. The van der Waals surface area contributed by atoms with Gasteiger partial charge in [-0.3, -0.25) is 29.4 Å². The molecular formula is C26H37N3O10. The van der Waals surface area contributed by atoms with E-state index in [1.54, 1.807) is 6.07 Å². The van der Waals surface area contributed by atoms with Crippen molar-refractivity contribution < 1.29 is 47.6 Å². The molecule has 0 radical (unpaired) electrons. The lowest BCUT2D eigenvalue weighted by Crippen LogP contribution is -2.54. The van der Waals surface area contributed by atoms with Crippen molar-refractivity contribution in [1.82, 2.24) is 15.5 Å². The van der Waals surface area contributed by atoms with Crippen molar-refractivity contribution >= 4 is 23.6 Å². The zero-order valence-corrected chi connectivity index (χ0v) is 22.2. The molecule has 1 saturated heterocycles. The van der Waals surface area contributed by atoms with Gasteiger partial charge in [-0.05, 0) is 31.7 Å². The highest BCUT2D eigenvalue weighted by Gasteiger charge is 2.44. The first-order valence-corrected chi connectivity index (χ1v) is 13.0. The van der Waals surface area contributed by atoms with Crippen LogP contribution < -0.4 is 15.4 Å². The van der Waals surface area contributed by atoms with E-state index >= 15 is 0 Å². The van der Waals surface area contributed by atoms with E-state index in [0.717, 1.165) is 11.4 Å². The Bertz CT molecular complexity index is 973. The molecule has 1 fully saturated rings. The van der Waals surface area contributed by atoms with E-state index in [9.17, 15) is 19.2 Å². The number of hydrogen-bond acceptors (Lipinski definition) is 11. The normalized spacial score (nSPS) is 17.1. The average Bonchev–Trinajstić information content (AvgIpc) is 3.17. The third-order valence-corrected chi connectivity index (χ3v) is 5.89. The number of fused-ring (bicyclic) bond motifs is 1. The summed E-state index contributed by atoms with van der Waals surface area (Å²) in [6.07, 6.45) is 0.178. The first-order valence-electron chi connectivity index (χ1n) is 13.0. The Morgan fingerprint density at radius 3 is 1.87 bits per heavy atom. The minimum absolute atomic E-state index is 0.0703. The van der Waals surface area contributed by atoms with Crippen molar-refractivity contribution in [1.29, 1.82) is 0 Å². The van der Waals surface area contributed by atoms with Gasteiger partial charge in [0.2, 0.25) is 11.8 Å². The van der Waals surface area contributed by atoms with Crippen LogP contribution >= 0.6 is 0 Å². The van der Waals surface area contributed by atoms with Crippen LogP contribution in [0.15, 0.2) is 18.2 Å². The molecule has 0 aliphatic carbocycles. The molecule has 13 heteroatoms. The summed E-state index contributed by atoms with van der Waals surface area (Å²) >= 11 is 0. The van der Waals surface area contributed by atoms with Crippen LogP contribution in [0.1, 0.15) is 33.6 Å². The summed E-state index contributed by atoms with van der Waals surface area (Å²) in [5.74, 6) is -1.79. The standard InChI is InChI=1S/C26H37N3O10/c1-27-6-7-34-8-9-35-10-11-36-12-13-37-14-15-38-16-17-39-19-2-3-20-21(18-19)26(33)29(25(20)32)22-4-5-23(30)28-24(22)31/h2-3,18,22,27H,4-17H2,1H3,(H,28,30,31). The van der Waals surface area contributed by atoms with Gasteiger partial charge in [0.1, 0.15) is 18.4 Å². The molecule has 0 bridgehead atoms. The number of nitrogens with zero attached hydrogens (tertiary/aromatic N) is 1. The van der Waals surface area contributed by atoms with Gasteiger partial charge in [-0.1, -0.05) is 0 Å². The number of ether oxygens (including phenoxy) is 6. The van der Waals surface area contributed by atoms with Crippen molar-refractivity contribution in [2.75, 3.05) is 86.3 Å². The number of likely N-dealkylation sites (N-methyl/N-ethyl adjacent to an activating group) is 1. The summed E-state index contributed by atoms with van der Waals surface area (Å²) in [7, 11) is 1.88. The Balaban J connectivity index is 1.21. The van der Waals surface area contributed by atoms with Crippen molar-refractivity contribution in [2.24, 2.45) is 0 Å². The Labute approximate surface area is 227 Å². The largest absolute Gasteiger partial charge is 0.491 e. The van der Waals surface area contributed by atoms with Crippen LogP contribution in [-0.2, 0) is 33.3 Å². The Kier molecular flexibility index (Phi) is 13.3. The maximum absolute atomic E-state index is 12.9. The molecule has 0 aromatic heterocycles. The number of piperidine rings is 1. The van der Waals surface area contributed by atoms with Crippen LogP contribution in [0.4, 0.5) is 0 Å². The van der Waals surface area contributed by atoms with Crippen LogP contribution in [0.5, 0.6) is 5.75 Å². The zero-order chi connectivity index (χ0) is 27.9. The molecular weight excluding hydrogens is 514 g/mol. The summed E-state index contributed by atoms with van der Waals surface area (Å²) in [6, 6.07) is 3.57. The highest BCUT2D eigenvalue weighted by molar-refractivity contribution is 6.23. The second-order valence-corrected chi connectivity index (χ2v) is 8.67. The van der Waals surface area contributed by atoms with Crippen LogP contribution in [0.25, 0.3) is 0 Å². The van der Waals surface area contributed by atoms with Crippen molar-refractivity contribution in [2.45, 2.75) is 18.9 Å². The van der Waals surface area contributed by atoms with Crippen molar-refractivity contribution in [3.63, 3.8) is 0 Å². The molecule has 2 N–H and O–H groups in total. The number of carbonyl (C=O) groups excluding carboxylic acids is 4. The molecule has 0 spiro atoms. The quantitative estimate of drug-likeness (QED) is 0.163. The molecule has 1 unspecified atom stereocenters. The van der Waals surface area contributed by atoms with E-state index in [4.69, 9.17) is 28.4 Å². The van der Waals surface area contributed by atoms with Crippen LogP contribution in [-0.4, -0.2) is 121 Å². The monoisotopic (exact) mass is 551 g/mol. The van der Waals surface area contributed by atoms with Gasteiger partial charge in [0.05, 0.1) is 77.2 Å². The Morgan fingerprint density at radius 1 is 0.769 bits per heavy atom. The van der Waals surface area contributed by atoms with Gasteiger partial charge < -0.3 is 33.7 Å². The van der Waals surface area contributed by atoms with Crippen LogP contribution in [0.2, 0.25) is 0 Å². The minimum atomic E-state index is -1.00. The third-order valence-electron chi connectivity index (χ3n) is 5.89. The van der Waals surface area contributed by atoms with Gasteiger partial charge in [0, 0.05) is 13.0 Å². The summed E-state index contributed by atoms with van der Waals surface area (Å²) in [6.45, 7) is 5.84. The number of imide groups is 2. The lowest BCUT2D eigenvalue weighted by atomic mass is 10.0. The van der Waals surface area contributed by atoms with Gasteiger partial charge in [0.15, 0.2) is 0 Å². The fraction of sp³-hybridized carbons (Fsp3) is 0.615. The number of hydrogen-bond donors (Lipinski definition) is 2. The second kappa shape index (κ2) is 16.9.